The van der Waals surface area contributed by atoms with Crippen LogP contribution in [0.5, 0.6) is 0 Å². The number of fused-ring (bicyclic) bond motifs is 1. The number of hydrogen-bond acceptors (Lipinski definition) is 4. The van der Waals surface area contributed by atoms with E-state index in [0.29, 0.717) is 11.6 Å². The van der Waals surface area contributed by atoms with Gasteiger partial charge in [-0.25, -0.2) is 4.79 Å². The Labute approximate surface area is 130 Å². The molecule has 0 saturated carbocycles. The molecule has 0 amide bonds. The molecule has 21 heavy (non-hydrogen) atoms. The van der Waals surface area contributed by atoms with E-state index in [2.05, 4.69) is 10.2 Å². The van der Waals surface area contributed by atoms with Gasteiger partial charge >= 0.3 is 5.97 Å². The van der Waals surface area contributed by atoms with Crippen molar-refractivity contribution in [2.75, 3.05) is 25.0 Å². The summed E-state index contributed by atoms with van der Waals surface area (Å²) in [7, 11) is 0. The summed E-state index contributed by atoms with van der Waals surface area (Å²) >= 11 is 6.26. The van der Waals surface area contributed by atoms with Crippen molar-refractivity contribution in [3.63, 3.8) is 0 Å². The molecule has 2 atom stereocenters. The van der Waals surface area contributed by atoms with E-state index in [1.165, 1.54) is 0 Å². The molecule has 0 spiro atoms. The van der Waals surface area contributed by atoms with E-state index in [1.54, 1.807) is 0 Å². The second-order valence-corrected chi connectivity index (χ2v) is 6.15. The van der Waals surface area contributed by atoms with Crippen LogP contribution in [-0.4, -0.2) is 42.1 Å². The Bertz CT molecular complexity index is 537. The number of ether oxygens (including phenoxy) is 1. The fourth-order valence-electron chi connectivity index (χ4n) is 3.64. The summed E-state index contributed by atoms with van der Waals surface area (Å²) in [6.45, 7) is 4.25. The maximum Gasteiger partial charge on any atom is 0.333 e. The maximum atomic E-state index is 12.7. The summed E-state index contributed by atoms with van der Waals surface area (Å²) in [6.07, 6.45) is 2.92. The van der Waals surface area contributed by atoms with Gasteiger partial charge in [-0.2, -0.15) is 0 Å². The third-order valence-electron chi connectivity index (χ3n) is 4.60. The van der Waals surface area contributed by atoms with Crippen molar-refractivity contribution in [1.29, 1.82) is 0 Å². The molecule has 4 nitrogen and oxygen atoms in total. The van der Waals surface area contributed by atoms with E-state index in [4.69, 9.17) is 16.3 Å². The number of carbonyl (C=O) groups is 1. The van der Waals surface area contributed by atoms with Crippen LogP contribution in [0.4, 0.5) is 5.69 Å². The number of nitrogens with zero attached hydrogens (tertiary/aromatic N) is 1. The van der Waals surface area contributed by atoms with Crippen LogP contribution in [0.3, 0.4) is 0 Å². The number of hydrogen-bond donors (Lipinski definition) is 1. The highest BCUT2D eigenvalue weighted by Crippen LogP contribution is 2.40. The lowest BCUT2D eigenvalue weighted by Gasteiger charge is -2.35. The third kappa shape index (κ3) is 2.51. The standard InChI is InChI=1S/C16H21ClN2O2/c1-2-21-15(20)16(9-11-19-10-5-8-14(16)19)18-13-7-4-3-6-12(13)17/h3-4,6-7,14,18H,2,5,8-11H2,1H3. The molecule has 0 bridgehead atoms. The number of benzene rings is 1. The molecular weight excluding hydrogens is 288 g/mol. The highest BCUT2D eigenvalue weighted by Gasteiger charge is 2.55. The average Bonchev–Trinajstić information content (AvgIpc) is 3.06. The van der Waals surface area contributed by atoms with Crippen molar-refractivity contribution >= 4 is 23.3 Å². The van der Waals surface area contributed by atoms with Gasteiger partial charge in [0.15, 0.2) is 5.54 Å². The lowest BCUT2D eigenvalue weighted by atomic mass is 9.88. The number of para-hydroxylation sites is 1. The van der Waals surface area contributed by atoms with Crippen molar-refractivity contribution in [3.05, 3.63) is 29.3 Å². The van der Waals surface area contributed by atoms with Crippen LogP contribution >= 0.6 is 11.6 Å². The van der Waals surface area contributed by atoms with Crippen molar-refractivity contribution < 1.29 is 9.53 Å². The summed E-state index contributed by atoms with van der Waals surface area (Å²) in [5.41, 5.74) is 0.137. The van der Waals surface area contributed by atoms with Gasteiger partial charge < -0.3 is 10.1 Å². The number of carbonyl (C=O) groups excluding carboxylic acids is 1. The van der Waals surface area contributed by atoms with Crippen LogP contribution in [0.25, 0.3) is 0 Å². The molecule has 1 aromatic carbocycles. The zero-order valence-corrected chi connectivity index (χ0v) is 13.0. The first-order valence-electron chi connectivity index (χ1n) is 7.61. The Hall–Kier alpha value is -1.26. The van der Waals surface area contributed by atoms with Gasteiger partial charge in [0.2, 0.25) is 0 Å². The molecule has 0 aliphatic carbocycles. The van der Waals surface area contributed by atoms with Crippen LogP contribution < -0.4 is 5.32 Å². The fraction of sp³-hybridized carbons (Fsp3) is 0.562. The van der Waals surface area contributed by atoms with Gasteiger partial charge in [-0.3, -0.25) is 4.90 Å². The second kappa shape index (κ2) is 5.85. The number of anilines is 1. The SMILES string of the molecule is CCOC(=O)C1(Nc2ccccc2Cl)CCN2CCCC21. The summed E-state index contributed by atoms with van der Waals surface area (Å²) in [5.74, 6) is -0.153. The molecule has 0 aromatic heterocycles. The third-order valence-corrected chi connectivity index (χ3v) is 4.93. The van der Waals surface area contributed by atoms with E-state index in [9.17, 15) is 4.79 Å². The summed E-state index contributed by atoms with van der Waals surface area (Å²) in [6, 6.07) is 7.77. The summed E-state index contributed by atoms with van der Waals surface area (Å²) in [5, 5.41) is 4.07. The molecule has 2 unspecified atom stereocenters. The number of nitrogens with one attached hydrogen (secondary N) is 1. The van der Waals surface area contributed by atoms with Gasteiger partial charge in [-0.05, 0) is 44.9 Å². The molecule has 2 fully saturated rings. The first kappa shape index (κ1) is 14.7. The number of esters is 1. The van der Waals surface area contributed by atoms with Crippen LogP contribution in [0.2, 0.25) is 5.02 Å². The van der Waals surface area contributed by atoms with Crippen molar-refractivity contribution in [3.8, 4) is 0 Å². The highest BCUT2D eigenvalue weighted by molar-refractivity contribution is 6.33. The van der Waals surface area contributed by atoms with Gasteiger partial charge in [0.1, 0.15) is 0 Å². The molecule has 3 rings (SSSR count). The zero-order chi connectivity index (χ0) is 14.9. The molecule has 5 heteroatoms. The Balaban J connectivity index is 1.93. The molecular formula is C16H21ClN2O2. The van der Waals surface area contributed by atoms with E-state index in [1.807, 2.05) is 31.2 Å². The van der Waals surface area contributed by atoms with Crippen LogP contribution in [-0.2, 0) is 9.53 Å². The topological polar surface area (TPSA) is 41.6 Å². The molecule has 2 aliphatic rings. The number of rotatable bonds is 4. The van der Waals surface area contributed by atoms with E-state index in [0.717, 1.165) is 38.0 Å². The van der Waals surface area contributed by atoms with Gasteiger partial charge in [0.25, 0.3) is 0 Å². The van der Waals surface area contributed by atoms with Gasteiger partial charge in [-0.1, -0.05) is 23.7 Å². The smallest absolute Gasteiger partial charge is 0.333 e. The minimum atomic E-state index is -0.669. The Kier molecular flexibility index (Phi) is 4.09. The zero-order valence-electron chi connectivity index (χ0n) is 12.3. The lowest BCUT2D eigenvalue weighted by Crippen LogP contribution is -2.55. The lowest BCUT2D eigenvalue weighted by molar-refractivity contribution is -0.149. The Morgan fingerprint density at radius 3 is 3.05 bits per heavy atom. The minimum absolute atomic E-state index is 0.153. The van der Waals surface area contributed by atoms with Crippen molar-refractivity contribution in [1.82, 2.24) is 4.90 Å². The van der Waals surface area contributed by atoms with Crippen LogP contribution in [0.15, 0.2) is 24.3 Å². The fourth-order valence-corrected chi connectivity index (χ4v) is 3.82. The Morgan fingerprint density at radius 2 is 2.29 bits per heavy atom. The van der Waals surface area contributed by atoms with Gasteiger partial charge in [0, 0.05) is 12.6 Å². The molecule has 0 radical (unpaired) electrons. The largest absolute Gasteiger partial charge is 0.464 e. The van der Waals surface area contributed by atoms with E-state index >= 15 is 0 Å². The second-order valence-electron chi connectivity index (χ2n) is 5.74. The number of halogens is 1. The maximum absolute atomic E-state index is 12.7. The van der Waals surface area contributed by atoms with E-state index in [-0.39, 0.29) is 12.0 Å². The summed E-state index contributed by atoms with van der Waals surface area (Å²) < 4.78 is 5.38. The predicted molar refractivity (Wildman–Crippen MR) is 83.7 cm³/mol. The van der Waals surface area contributed by atoms with Gasteiger partial charge in [0.05, 0.1) is 17.3 Å². The monoisotopic (exact) mass is 308 g/mol. The minimum Gasteiger partial charge on any atom is -0.464 e. The Morgan fingerprint density at radius 1 is 1.48 bits per heavy atom. The van der Waals surface area contributed by atoms with E-state index < -0.39 is 5.54 Å². The van der Waals surface area contributed by atoms with Crippen LogP contribution in [0, 0.1) is 0 Å². The first-order chi connectivity index (χ1) is 10.2. The molecule has 114 valence electrons. The molecule has 1 N–H and O–H groups in total. The first-order valence-corrected chi connectivity index (χ1v) is 7.99. The van der Waals surface area contributed by atoms with Crippen molar-refractivity contribution in [2.24, 2.45) is 0 Å². The molecule has 2 aliphatic heterocycles. The highest BCUT2D eigenvalue weighted by atomic mass is 35.5. The molecule has 2 heterocycles. The van der Waals surface area contributed by atoms with Crippen molar-refractivity contribution in [2.45, 2.75) is 37.8 Å². The van der Waals surface area contributed by atoms with Gasteiger partial charge in [-0.15, -0.1) is 0 Å². The van der Waals surface area contributed by atoms with Crippen LogP contribution in [0.1, 0.15) is 26.2 Å². The average molecular weight is 309 g/mol. The predicted octanol–water partition coefficient (Wildman–Crippen LogP) is 2.92. The normalized spacial score (nSPS) is 28.4. The molecule has 1 aromatic rings. The quantitative estimate of drug-likeness (QED) is 0.868. The molecule has 2 saturated heterocycles. The summed E-state index contributed by atoms with van der Waals surface area (Å²) in [4.78, 5) is 15.1.